The van der Waals surface area contributed by atoms with Crippen LogP contribution in [0.4, 0.5) is 0 Å². The second-order valence-electron chi connectivity index (χ2n) is 17.8. The van der Waals surface area contributed by atoms with Crippen LogP contribution in [0.25, 0.3) is 0 Å². The molecule has 0 aliphatic carbocycles. The standard InChI is InChI=1S/2C26H52O2/c1-4-7-9-11-12-13-14-15-16-17-18-19-20-22-24-26(6-3,25(27)28)23-21-10-8-5-2;1-3-5-7-9-11-12-13-14-15-16-17-18-19-20-22-24-26(27)28-25-23-21-10-8-6-4-2/h4-24H2,1-3H3,(H,27,28);3-25H2,1-2H3. The van der Waals surface area contributed by atoms with E-state index in [-0.39, 0.29) is 5.97 Å². The van der Waals surface area contributed by atoms with E-state index in [4.69, 9.17) is 4.74 Å². The van der Waals surface area contributed by atoms with Gasteiger partial charge >= 0.3 is 11.9 Å². The van der Waals surface area contributed by atoms with Crippen LogP contribution in [-0.4, -0.2) is 23.7 Å². The average molecular weight is 793 g/mol. The summed E-state index contributed by atoms with van der Waals surface area (Å²) in [7, 11) is 0. The third-order valence-corrected chi connectivity index (χ3v) is 12.4. The first-order valence-electron chi connectivity index (χ1n) is 25.8. The molecule has 0 rings (SSSR count). The summed E-state index contributed by atoms with van der Waals surface area (Å²) >= 11 is 0. The average Bonchev–Trinajstić information content (AvgIpc) is 3.20. The third-order valence-electron chi connectivity index (χ3n) is 12.4. The third kappa shape index (κ3) is 42.5. The molecular weight excluding hydrogens is 689 g/mol. The van der Waals surface area contributed by atoms with Gasteiger partial charge in [-0.1, -0.05) is 272 Å². The fourth-order valence-corrected chi connectivity index (χ4v) is 8.17. The number of carbonyl (C=O) groups excluding carboxylic acids is 1. The Hall–Kier alpha value is -1.06. The monoisotopic (exact) mass is 793 g/mol. The molecule has 0 spiro atoms. The number of carbonyl (C=O) groups is 2. The predicted molar refractivity (Wildman–Crippen MR) is 248 cm³/mol. The second kappa shape index (κ2) is 48.3. The zero-order valence-electron chi connectivity index (χ0n) is 39.3. The van der Waals surface area contributed by atoms with E-state index in [1.54, 1.807) is 0 Å². The molecule has 0 aromatic carbocycles. The minimum absolute atomic E-state index is 0.0169. The number of unbranched alkanes of at least 4 members (excludes halogenated alkanes) is 35. The number of ether oxygens (including phenoxy) is 1. The minimum atomic E-state index is -0.554. The first-order valence-corrected chi connectivity index (χ1v) is 25.8. The van der Waals surface area contributed by atoms with Crippen LogP contribution in [-0.2, 0) is 14.3 Å². The van der Waals surface area contributed by atoms with Gasteiger partial charge in [0.2, 0.25) is 0 Å². The van der Waals surface area contributed by atoms with E-state index < -0.39 is 11.4 Å². The zero-order chi connectivity index (χ0) is 41.5. The van der Waals surface area contributed by atoms with E-state index in [1.807, 2.05) is 0 Å². The molecule has 0 aromatic rings. The Bertz CT molecular complexity index is 766. The summed E-state index contributed by atoms with van der Waals surface area (Å²) in [5.41, 5.74) is -0.454. The number of carboxylic acid groups (broad SMARTS) is 1. The first kappa shape index (κ1) is 57.0. The van der Waals surface area contributed by atoms with Gasteiger partial charge in [0.15, 0.2) is 0 Å². The molecule has 336 valence electrons. The van der Waals surface area contributed by atoms with Crippen molar-refractivity contribution in [3.63, 3.8) is 0 Å². The number of rotatable bonds is 45. The van der Waals surface area contributed by atoms with E-state index in [9.17, 15) is 14.7 Å². The van der Waals surface area contributed by atoms with Gasteiger partial charge in [-0.15, -0.1) is 0 Å². The van der Waals surface area contributed by atoms with Gasteiger partial charge in [0.25, 0.3) is 0 Å². The molecule has 56 heavy (non-hydrogen) atoms. The SMILES string of the molecule is CCCCCCCCCCCCCCCCC(CC)(CCCCCC)C(=O)O.CCCCCCCCCCCCCCCCCC(=O)OCCCCCCCC. The van der Waals surface area contributed by atoms with Crippen LogP contribution in [0.3, 0.4) is 0 Å². The van der Waals surface area contributed by atoms with E-state index in [2.05, 4.69) is 34.6 Å². The van der Waals surface area contributed by atoms with Crippen molar-refractivity contribution in [1.82, 2.24) is 0 Å². The Morgan fingerprint density at radius 2 is 0.607 bits per heavy atom. The fourth-order valence-electron chi connectivity index (χ4n) is 8.17. The molecule has 0 fully saturated rings. The van der Waals surface area contributed by atoms with Crippen molar-refractivity contribution in [2.24, 2.45) is 5.41 Å². The number of esters is 1. The summed E-state index contributed by atoms with van der Waals surface area (Å²) in [6.07, 6.45) is 54.7. The van der Waals surface area contributed by atoms with Gasteiger partial charge < -0.3 is 9.84 Å². The van der Waals surface area contributed by atoms with E-state index in [0.29, 0.717) is 13.0 Å². The van der Waals surface area contributed by atoms with Crippen LogP contribution in [0.5, 0.6) is 0 Å². The molecule has 0 aliphatic rings. The highest BCUT2D eigenvalue weighted by molar-refractivity contribution is 5.74. The van der Waals surface area contributed by atoms with Crippen molar-refractivity contribution in [3.8, 4) is 0 Å². The Morgan fingerprint density at radius 3 is 0.893 bits per heavy atom. The van der Waals surface area contributed by atoms with Crippen molar-refractivity contribution < 1.29 is 19.4 Å². The highest BCUT2D eigenvalue weighted by atomic mass is 16.5. The van der Waals surface area contributed by atoms with E-state index in [1.165, 1.54) is 225 Å². The second-order valence-corrected chi connectivity index (χ2v) is 17.8. The highest BCUT2D eigenvalue weighted by Gasteiger charge is 2.35. The molecular formula is C52H104O4. The van der Waals surface area contributed by atoms with Gasteiger partial charge in [-0.2, -0.15) is 0 Å². The van der Waals surface area contributed by atoms with Crippen LogP contribution < -0.4 is 0 Å². The smallest absolute Gasteiger partial charge is 0.309 e. The van der Waals surface area contributed by atoms with Crippen LogP contribution in [0.2, 0.25) is 0 Å². The Morgan fingerprint density at radius 1 is 0.357 bits per heavy atom. The molecule has 0 heterocycles. The van der Waals surface area contributed by atoms with Gasteiger partial charge in [0, 0.05) is 6.42 Å². The topological polar surface area (TPSA) is 63.6 Å². The summed E-state index contributed by atoms with van der Waals surface area (Å²) in [5, 5.41) is 9.78. The molecule has 0 radical (unpaired) electrons. The molecule has 0 aromatic heterocycles. The summed E-state index contributed by atoms with van der Waals surface area (Å²) in [6, 6.07) is 0. The molecule has 4 nitrogen and oxygen atoms in total. The molecule has 0 saturated heterocycles. The summed E-state index contributed by atoms with van der Waals surface area (Å²) < 4.78 is 5.33. The summed E-state index contributed by atoms with van der Waals surface area (Å²) in [5.74, 6) is -0.538. The van der Waals surface area contributed by atoms with Gasteiger partial charge in [0.1, 0.15) is 0 Å². The van der Waals surface area contributed by atoms with Crippen LogP contribution in [0.15, 0.2) is 0 Å². The van der Waals surface area contributed by atoms with Crippen molar-refractivity contribution >= 4 is 11.9 Å². The molecule has 0 bridgehead atoms. The first-order chi connectivity index (χ1) is 27.4. The Labute approximate surface area is 353 Å². The van der Waals surface area contributed by atoms with Crippen LogP contribution >= 0.6 is 0 Å². The summed E-state index contributed by atoms with van der Waals surface area (Å²) in [4.78, 5) is 23.6. The van der Waals surface area contributed by atoms with Crippen molar-refractivity contribution in [2.75, 3.05) is 6.61 Å². The Kier molecular flexibility index (Phi) is 49.2. The van der Waals surface area contributed by atoms with E-state index in [0.717, 1.165) is 44.9 Å². The number of hydrogen-bond donors (Lipinski definition) is 1. The minimum Gasteiger partial charge on any atom is -0.481 e. The lowest BCUT2D eigenvalue weighted by Crippen LogP contribution is -2.30. The van der Waals surface area contributed by atoms with Crippen LogP contribution in [0.1, 0.15) is 311 Å². The molecule has 0 amide bonds. The lowest BCUT2D eigenvalue weighted by atomic mass is 9.76. The Balaban J connectivity index is 0. The van der Waals surface area contributed by atoms with Gasteiger partial charge in [0.05, 0.1) is 12.0 Å². The maximum atomic E-state index is 11.9. The highest BCUT2D eigenvalue weighted by Crippen LogP contribution is 2.35. The van der Waals surface area contributed by atoms with Gasteiger partial charge in [-0.3, -0.25) is 9.59 Å². The molecule has 1 unspecified atom stereocenters. The maximum absolute atomic E-state index is 11.9. The quantitative estimate of drug-likeness (QED) is 0.0493. The number of hydrogen-bond acceptors (Lipinski definition) is 3. The van der Waals surface area contributed by atoms with Gasteiger partial charge in [-0.25, -0.2) is 0 Å². The molecule has 0 aliphatic heterocycles. The zero-order valence-corrected chi connectivity index (χ0v) is 39.3. The lowest BCUT2D eigenvalue weighted by molar-refractivity contribution is -0.150. The lowest BCUT2D eigenvalue weighted by Gasteiger charge is -2.28. The van der Waals surface area contributed by atoms with E-state index >= 15 is 0 Å². The largest absolute Gasteiger partial charge is 0.481 e. The van der Waals surface area contributed by atoms with Gasteiger partial charge in [-0.05, 0) is 32.1 Å². The predicted octanol–water partition coefficient (Wildman–Crippen LogP) is 18.5. The number of carboxylic acids is 1. The van der Waals surface area contributed by atoms with Crippen molar-refractivity contribution in [3.05, 3.63) is 0 Å². The molecule has 1 N–H and O–H groups in total. The van der Waals surface area contributed by atoms with Crippen molar-refractivity contribution in [1.29, 1.82) is 0 Å². The fraction of sp³-hybridized carbons (Fsp3) is 0.962. The normalized spacial score (nSPS) is 12.3. The molecule has 1 atom stereocenters. The number of aliphatic carboxylic acids is 1. The molecule has 4 heteroatoms. The summed E-state index contributed by atoms with van der Waals surface area (Å²) in [6.45, 7) is 11.7. The van der Waals surface area contributed by atoms with Crippen molar-refractivity contribution in [2.45, 2.75) is 311 Å². The maximum Gasteiger partial charge on any atom is 0.309 e. The van der Waals surface area contributed by atoms with Crippen LogP contribution in [0, 0.1) is 5.41 Å². The molecule has 0 saturated carbocycles.